The van der Waals surface area contributed by atoms with E-state index in [4.69, 9.17) is 5.11 Å². The number of rotatable bonds is 5. The third kappa shape index (κ3) is 3.04. The maximum Gasteiger partial charge on any atom is 0.356 e. The quantitative estimate of drug-likeness (QED) is 0.853. The first-order chi connectivity index (χ1) is 8.27. The molecule has 88 valence electrons. The van der Waals surface area contributed by atoms with Crippen molar-refractivity contribution >= 4 is 23.0 Å². The Morgan fingerprint density at radius 1 is 1.47 bits per heavy atom. The normalized spacial score (nSPS) is 10.1. The van der Waals surface area contributed by atoms with Crippen molar-refractivity contribution in [1.29, 1.82) is 0 Å². The molecule has 0 unspecified atom stereocenters. The Morgan fingerprint density at radius 2 is 2.35 bits per heavy atom. The molecule has 0 spiro atoms. The van der Waals surface area contributed by atoms with Gasteiger partial charge in [0.2, 0.25) is 0 Å². The summed E-state index contributed by atoms with van der Waals surface area (Å²) in [6.45, 7) is 0.697. The lowest BCUT2D eigenvalue weighted by Gasteiger charge is -2.07. The Hall–Kier alpha value is -1.88. The van der Waals surface area contributed by atoms with Gasteiger partial charge in [-0.15, -0.1) is 0 Å². The first-order valence-electron chi connectivity index (χ1n) is 5.20. The number of hydrogen-bond donors (Lipinski definition) is 2. The molecule has 0 bridgehead atoms. The minimum Gasteiger partial charge on any atom is -0.476 e. The predicted octanol–water partition coefficient (Wildman–Crippen LogP) is 2.50. The highest BCUT2D eigenvalue weighted by Gasteiger charge is 2.09. The Morgan fingerprint density at radius 3 is 3.06 bits per heavy atom. The zero-order chi connectivity index (χ0) is 12.1. The molecule has 17 heavy (non-hydrogen) atoms. The van der Waals surface area contributed by atoms with Crippen molar-refractivity contribution in [2.24, 2.45) is 0 Å². The van der Waals surface area contributed by atoms with E-state index in [-0.39, 0.29) is 5.69 Å². The van der Waals surface area contributed by atoms with E-state index in [0.717, 1.165) is 6.42 Å². The molecule has 2 aromatic rings. The number of pyridine rings is 1. The number of anilines is 1. The van der Waals surface area contributed by atoms with Crippen LogP contribution in [0.2, 0.25) is 0 Å². The second-order valence-electron chi connectivity index (χ2n) is 3.51. The minimum atomic E-state index is -1.01. The van der Waals surface area contributed by atoms with Crippen molar-refractivity contribution < 1.29 is 9.90 Å². The Bertz CT molecular complexity index is 497. The molecule has 2 N–H and O–H groups in total. The monoisotopic (exact) mass is 248 g/mol. The van der Waals surface area contributed by atoms with Crippen LogP contribution < -0.4 is 5.32 Å². The second kappa shape index (κ2) is 5.45. The van der Waals surface area contributed by atoms with Gasteiger partial charge in [0.25, 0.3) is 0 Å². The van der Waals surface area contributed by atoms with E-state index >= 15 is 0 Å². The lowest BCUT2D eigenvalue weighted by atomic mass is 10.2. The molecule has 0 aliphatic rings. The van der Waals surface area contributed by atoms with E-state index in [9.17, 15) is 4.79 Å². The summed E-state index contributed by atoms with van der Waals surface area (Å²) >= 11 is 1.66. The van der Waals surface area contributed by atoms with Gasteiger partial charge >= 0.3 is 5.97 Å². The molecule has 0 radical (unpaired) electrons. The van der Waals surface area contributed by atoms with Gasteiger partial charge in [-0.25, -0.2) is 9.78 Å². The van der Waals surface area contributed by atoms with Gasteiger partial charge in [0.15, 0.2) is 5.69 Å². The Balaban J connectivity index is 1.97. The second-order valence-corrected chi connectivity index (χ2v) is 4.29. The maximum atomic E-state index is 10.9. The lowest BCUT2D eigenvalue weighted by Crippen LogP contribution is -2.10. The summed E-state index contributed by atoms with van der Waals surface area (Å²) in [6.07, 6.45) is 2.35. The molecule has 2 heterocycles. The fourth-order valence-electron chi connectivity index (χ4n) is 1.49. The van der Waals surface area contributed by atoms with Gasteiger partial charge in [-0.3, -0.25) is 0 Å². The van der Waals surface area contributed by atoms with E-state index < -0.39 is 5.97 Å². The van der Waals surface area contributed by atoms with Crippen molar-refractivity contribution in [1.82, 2.24) is 4.98 Å². The number of nitrogens with zero attached hydrogens (tertiary/aromatic N) is 1. The number of nitrogens with one attached hydrogen (secondary N) is 1. The number of carboxylic acid groups (broad SMARTS) is 1. The molecule has 0 aromatic carbocycles. The average molecular weight is 248 g/mol. The molecule has 0 saturated heterocycles. The molecule has 4 nitrogen and oxygen atoms in total. The summed E-state index contributed by atoms with van der Waals surface area (Å²) in [6, 6.07) is 5.51. The van der Waals surface area contributed by atoms with Gasteiger partial charge in [-0.1, -0.05) is 0 Å². The van der Waals surface area contributed by atoms with Crippen LogP contribution in [0, 0.1) is 0 Å². The van der Waals surface area contributed by atoms with Crippen LogP contribution in [0.15, 0.2) is 35.2 Å². The van der Waals surface area contributed by atoms with Crippen molar-refractivity contribution in [3.63, 3.8) is 0 Å². The molecular weight excluding hydrogens is 236 g/mol. The van der Waals surface area contributed by atoms with E-state index in [0.29, 0.717) is 12.2 Å². The van der Waals surface area contributed by atoms with Crippen molar-refractivity contribution in [2.75, 3.05) is 11.9 Å². The molecule has 0 aliphatic carbocycles. The summed E-state index contributed by atoms with van der Waals surface area (Å²) in [5, 5.41) is 16.2. The molecule has 0 fully saturated rings. The number of aromatic carboxylic acids is 1. The van der Waals surface area contributed by atoms with Gasteiger partial charge in [0, 0.05) is 12.7 Å². The van der Waals surface area contributed by atoms with Gasteiger partial charge < -0.3 is 10.4 Å². The third-order valence-corrected chi connectivity index (χ3v) is 3.05. The van der Waals surface area contributed by atoms with E-state index in [1.165, 1.54) is 11.8 Å². The number of hydrogen-bond acceptors (Lipinski definition) is 4. The average Bonchev–Trinajstić information content (AvgIpc) is 2.82. The fourth-order valence-corrected chi connectivity index (χ4v) is 2.20. The minimum absolute atomic E-state index is 0.0674. The highest BCUT2D eigenvalue weighted by Crippen LogP contribution is 2.12. The summed E-state index contributed by atoms with van der Waals surface area (Å²) in [4.78, 5) is 14.7. The number of thiophene rings is 1. The van der Waals surface area contributed by atoms with E-state index in [1.807, 2.05) is 5.38 Å². The first-order valence-corrected chi connectivity index (χ1v) is 6.15. The standard InChI is InChI=1S/C12H12N2O2S/c15-12(16)11-10(2-1-5-14-11)13-6-3-9-4-7-17-8-9/h1-2,4-5,7-8,13H,3,6H2,(H,15,16). The highest BCUT2D eigenvalue weighted by molar-refractivity contribution is 7.07. The lowest BCUT2D eigenvalue weighted by molar-refractivity contribution is 0.0691. The van der Waals surface area contributed by atoms with Crippen LogP contribution in [0.5, 0.6) is 0 Å². The van der Waals surface area contributed by atoms with Crippen molar-refractivity contribution in [3.8, 4) is 0 Å². The zero-order valence-corrected chi connectivity index (χ0v) is 9.91. The molecule has 0 atom stereocenters. The van der Waals surface area contributed by atoms with Gasteiger partial charge in [-0.05, 0) is 40.9 Å². The Kier molecular flexibility index (Phi) is 3.72. The van der Waals surface area contributed by atoms with Crippen LogP contribution in [-0.2, 0) is 6.42 Å². The van der Waals surface area contributed by atoms with E-state index in [1.54, 1.807) is 23.5 Å². The van der Waals surface area contributed by atoms with Gasteiger partial charge in [0.1, 0.15) is 0 Å². The molecule has 5 heteroatoms. The molecule has 0 aliphatic heterocycles. The summed E-state index contributed by atoms with van der Waals surface area (Å²) in [5.41, 5.74) is 1.89. The van der Waals surface area contributed by atoms with E-state index in [2.05, 4.69) is 21.7 Å². The van der Waals surface area contributed by atoms with Crippen molar-refractivity contribution in [2.45, 2.75) is 6.42 Å². The van der Waals surface area contributed by atoms with Crippen molar-refractivity contribution in [3.05, 3.63) is 46.4 Å². The summed E-state index contributed by atoms with van der Waals surface area (Å²) in [5.74, 6) is -1.01. The van der Waals surface area contributed by atoms with Crippen LogP contribution in [0.4, 0.5) is 5.69 Å². The van der Waals surface area contributed by atoms with Crippen LogP contribution in [0.1, 0.15) is 16.1 Å². The number of carboxylic acids is 1. The molecule has 2 aromatic heterocycles. The highest BCUT2D eigenvalue weighted by atomic mass is 32.1. The van der Waals surface area contributed by atoms with Crippen LogP contribution in [-0.4, -0.2) is 22.6 Å². The molecule has 2 rings (SSSR count). The maximum absolute atomic E-state index is 10.9. The van der Waals surface area contributed by atoms with Crippen LogP contribution in [0.3, 0.4) is 0 Å². The molecular formula is C12H12N2O2S. The fraction of sp³-hybridized carbons (Fsp3) is 0.167. The largest absolute Gasteiger partial charge is 0.476 e. The van der Waals surface area contributed by atoms with Gasteiger partial charge in [0.05, 0.1) is 5.69 Å². The Labute approximate surface area is 103 Å². The van der Waals surface area contributed by atoms with Gasteiger partial charge in [-0.2, -0.15) is 11.3 Å². The summed E-state index contributed by atoms with van der Waals surface area (Å²) in [7, 11) is 0. The number of carbonyl (C=O) groups is 1. The smallest absolute Gasteiger partial charge is 0.356 e. The summed E-state index contributed by atoms with van der Waals surface area (Å²) < 4.78 is 0. The van der Waals surface area contributed by atoms with Crippen LogP contribution >= 0.6 is 11.3 Å². The van der Waals surface area contributed by atoms with Crippen LogP contribution in [0.25, 0.3) is 0 Å². The first kappa shape index (κ1) is 11.6. The third-order valence-electron chi connectivity index (χ3n) is 2.32. The topological polar surface area (TPSA) is 62.2 Å². The number of aromatic nitrogens is 1. The molecule has 0 amide bonds. The molecule has 0 saturated carbocycles. The zero-order valence-electron chi connectivity index (χ0n) is 9.09. The predicted molar refractivity (Wildman–Crippen MR) is 67.7 cm³/mol. The SMILES string of the molecule is O=C(O)c1ncccc1NCCc1ccsc1.